The van der Waals surface area contributed by atoms with Crippen LogP contribution in [0.5, 0.6) is 5.75 Å². The van der Waals surface area contributed by atoms with Crippen LogP contribution < -0.4 is 31.5 Å². The van der Waals surface area contributed by atoms with Crippen molar-refractivity contribution in [3.8, 4) is 5.75 Å². The highest BCUT2D eigenvalue weighted by Crippen LogP contribution is 2.39. The van der Waals surface area contributed by atoms with Gasteiger partial charge in [-0.05, 0) is 76.1 Å². The van der Waals surface area contributed by atoms with Gasteiger partial charge in [0.05, 0.1) is 31.0 Å². The summed E-state index contributed by atoms with van der Waals surface area (Å²) in [6.45, 7) is 10.1. The number of amides is 1. The molecule has 0 aromatic heterocycles. The van der Waals surface area contributed by atoms with Crippen LogP contribution in [0.15, 0.2) is 164 Å². The van der Waals surface area contributed by atoms with Crippen LogP contribution >= 0.6 is 0 Å². The van der Waals surface area contributed by atoms with Gasteiger partial charge in [-0.2, -0.15) is 0 Å². The summed E-state index contributed by atoms with van der Waals surface area (Å²) >= 11 is 0. The first-order valence-corrected chi connectivity index (χ1v) is 21.9. The third kappa shape index (κ3) is 9.30. The van der Waals surface area contributed by atoms with Gasteiger partial charge in [-0.3, -0.25) is 10.1 Å². The lowest BCUT2D eigenvalue weighted by atomic mass is 9.76. The minimum Gasteiger partial charge on any atom is -0.495 e. The Hall–Kier alpha value is -5.31. The summed E-state index contributed by atoms with van der Waals surface area (Å²) in [6.07, 6.45) is 2.18. The SMILES string of the molecule is COc1cc(CO[Si](c2ccccc2)(c2ccccc2)C(C)(C)C)ccc1NC(=O)[C@@H](N)CCCCNC(c1ccccc1)(c1ccccc1)c1ccc(C)cc1. The maximum Gasteiger partial charge on any atom is 0.261 e. The van der Waals surface area contributed by atoms with E-state index in [9.17, 15) is 4.79 Å². The van der Waals surface area contributed by atoms with Gasteiger partial charge in [0.25, 0.3) is 8.32 Å². The van der Waals surface area contributed by atoms with Crippen molar-refractivity contribution in [2.75, 3.05) is 19.0 Å². The summed E-state index contributed by atoms with van der Waals surface area (Å²) < 4.78 is 12.9. The van der Waals surface area contributed by atoms with E-state index in [0.717, 1.165) is 24.9 Å². The number of nitrogens with two attached hydrogens (primary N) is 1. The van der Waals surface area contributed by atoms with Gasteiger partial charge in [0.1, 0.15) is 5.75 Å². The van der Waals surface area contributed by atoms with Crippen molar-refractivity contribution < 1.29 is 14.0 Å². The quantitative estimate of drug-likeness (QED) is 0.0489. The van der Waals surface area contributed by atoms with Gasteiger partial charge in [-0.1, -0.05) is 184 Å². The minimum absolute atomic E-state index is 0.145. The molecule has 1 amide bonds. The molecular weight excluding hydrogens is 719 g/mol. The molecule has 294 valence electrons. The van der Waals surface area contributed by atoms with Crippen molar-refractivity contribution >= 4 is 30.3 Å². The molecule has 0 saturated heterocycles. The molecule has 4 N–H and O–H groups in total. The summed E-state index contributed by atoms with van der Waals surface area (Å²) in [7, 11) is -1.11. The molecule has 0 saturated carbocycles. The number of nitrogens with one attached hydrogen (secondary N) is 2. The Morgan fingerprint density at radius 2 is 1.19 bits per heavy atom. The van der Waals surface area contributed by atoms with Gasteiger partial charge < -0.3 is 20.2 Å². The largest absolute Gasteiger partial charge is 0.495 e. The van der Waals surface area contributed by atoms with Gasteiger partial charge in [0, 0.05) is 0 Å². The van der Waals surface area contributed by atoms with E-state index in [1.54, 1.807) is 7.11 Å². The van der Waals surface area contributed by atoms with Crippen LogP contribution in [0, 0.1) is 6.92 Å². The van der Waals surface area contributed by atoms with E-state index in [-0.39, 0.29) is 10.9 Å². The zero-order chi connectivity index (χ0) is 40.3. The Labute approximate surface area is 340 Å². The fourth-order valence-electron chi connectivity index (χ4n) is 7.99. The second-order valence-electron chi connectivity index (χ2n) is 15.9. The Kier molecular flexibility index (Phi) is 13.6. The number of carbonyl (C=O) groups is 1. The van der Waals surface area contributed by atoms with E-state index in [1.165, 1.54) is 32.6 Å². The maximum absolute atomic E-state index is 13.4. The second-order valence-corrected chi connectivity index (χ2v) is 20.2. The van der Waals surface area contributed by atoms with Crippen LogP contribution in [0.25, 0.3) is 0 Å². The number of hydrogen-bond acceptors (Lipinski definition) is 5. The molecule has 0 heterocycles. The molecule has 0 fully saturated rings. The molecule has 0 radical (unpaired) electrons. The monoisotopic (exact) mass is 775 g/mol. The molecule has 6 rings (SSSR count). The van der Waals surface area contributed by atoms with Gasteiger partial charge in [-0.25, -0.2) is 0 Å². The van der Waals surface area contributed by atoms with Crippen molar-refractivity contribution in [2.24, 2.45) is 5.73 Å². The average Bonchev–Trinajstić information content (AvgIpc) is 3.24. The number of methoxy groups -OCH3 is 1. The highest BCUT2D eigenvalue weighted by atomic mass is 28.4. The van der Waals surface area contributed by atoms with E-state index in [0.29, 0.717) is 24.5 Å². The number of unbranched alkanes of at least 4 members (excludes halogenated alkanes) is 1. The number of hydrogen-bond donors (Lipinski definition) is 3. The van der Waals surface area contributed by atoms with Crippen LogP contribution in [0.1, 0.15) is 67.9 Å². The van der Waals surface area contributed by atoms with Crippen molar-refractivity contribution in [1.29, 1.82) is 0 Å². The summed E-state index contributed by atoms with van der Waals surface area (Å²) in [6, 6.07) is 56.4. The van der Waals surface area contributed by atoms with E-state index in [4.69, 9.17) is 14.9 Å². The fourth-order valence-corrected chi connectivity index (χ4v) is 12.5. The summed E-state index contributed by atoms with van der Waals surface area (Å²) in [5.41, 5.74) is 12.2. The van der Waals surface area contributed by atoms with Gasteiger partial charge >= 0.3 is 0 Å². The number of benzene rings is 6. The van der Waals surface area contributed by atoms with E-state index < -0.39 is 19.9 Å². The van der Waals surface area contributed by atoms with Gasteiger partial charge in [0.2, 0.25) is 5.91 Å². The molecule has 7 heteroatoms. The Morgan fingerprint density at radius 3 is 1.70 bits per heavy atom. The van der Waals surface area contributed by atoms with Crippen molar-refractivity contribution in [3.05, 3.63) is 192 Å². The van der Waals surface area contributed by atoms with Crippen LogP contribution in [0.3, 0.4) is 0 Å². The number of carbonyl (C=O) groups excluding carboxylic acids is 1. The molecule has 0 aliphatic carbocycles. The van der Waals surface area contributed by atoms with Crippen LogP contribution in [0.4, 0.5) is 5.69 Å². The first-order valence-electron chi connectivity index (χ1n) is 20.0. The summed E-state index contributed by atoms with van der Waals surface area (Å²) in [5.74, 6) is 0.331. The average molecular weight is 776 g/mol. The third-order valence-electron chi connectivity index (χ3n) is 11.0. The molecule has 6 nitrogen and oxygen atoms in total. The Morgan fingerprint density at radius 1 is 0.684 bits per heavy atom. The highest BCUT2D eigenvalue weighted by Gasteiger charge is 2.50. The van der Waals surface area contributed by atoms with Crippen molar-refractivity contribution in [3.63, 3.8) is 0 Å². The molecule has 6 aromatic rings. The van der Waals surface area contributed by atoms with E-state index in [2.05, 4.69) is 172 Å². The molecule has 0 aliphatic rings. The van der Waals surface area contributed by atoms with E-state index in [1.807, 2.05) is 30.3 Å². The molecule has 0 spiro atoms. The minimum atomic E-state index is -2.73. The fraction of sp³-hybridized carbons (Fsp3) is 0.260. The number of ether oxygens (including phenoxy) is 1. The van der Waals surface area contributed by atoms with E-state index >= 15 is 0 Å². The second kappa shape index (κ2) is 18.8. The van der Waals surface area contributed by atoms with Crippen LogP contribution in [-0.4, -0.2) is 33.9 Å². The van der Waals surface area contributed by atoms with Crippen molar-refractivity contribution in [2.45, 2.75) is 70.2 Å². The van der Waals surface area contributed by atoms with Gasteiger partial charge in [-0.15, -0.1) is 0 Å². The topological polar surface area (TPSA) is 85.6 Å². The van der Waals surface area contributed by atoms with Gasteiger partial charge in [0.15, 0.2) is 0 Å². The smallest absolute Gasteiger partial charge is 0.261 e. The Balaban J connectivity index is 1.10. The summed E-state index contributed by atoms with van der Waals surface area (Å²) in [5, 5.41) is 9.28. The standard InChI is InChI=1S/C50H57N3O3Si/c1-38-29-32-42(33-30-38)50(40-20-10-6-11-21-40,41-22-12-7-13-23-41)52-35-19-18-28-45(51)48(54)53-46-34-31-39(36-47(46)55-5)37-56-57(49(2,3)4,43-24-14-8-15-25-43)44-26-16-9-17-27-44/h6-17,20-27,29-34,36,45,52H,18-19,28,35,37,51H2,1-5H3,(H,53,54)/t45-/m0/s1. The normalized spacial score (nSPS) is 12.5. The highest BCUT2D eigenvalue weighted by molar-refractivity contribution is 6.99. The zero-order valence-electron chi connectivity index (χ0n) is 34.0. The third-order valence-corrected chi connectivity index (χ3v) is 15.9. The lowest BCUT2D eigenvalue weighted by Gasteiger charge is -2.43. The zero-order valence-corrected chi connectivity index (χ0v) is 35.0. The number of rotatable bonds is 17. The van der Waals surface area contributed by atoms with Crippen molar-refractivity contribution in [1.82, 2.24) is 5.32 Å². The molecule has 0 bridgehead atoms. The molecule has 0 unspecified atom stereocenters. The Bertz CT molecular complexity index is 2080. The number of anilines is 1. The molecular formula is C50H57N3O3Si. The first-order chi connectivity index (χ1) is 27.6. The molecule has 1 atom stereocenters. The maximum atomic E-state index is 13.4. The summed E-state index contributed by atoms with van der Waals surface area (Å²) in [4.78, 5) is 13.4. The predicted molar refractivity (Wildman–Crippen MR) is 238 cm³/mol. The lowest BCUT2D eigenvalue weighted by Crippen LogP contribution is -2.66. The van der Waals surface area contributed by atoms with Crippen LogP contribution in [0.2, 0.25) is 5.04 Å². The molecule has 6 aromatic carbocycles. The molecule has 57 heavy (non-hydrogen) atoms. The predicted octanol–water partition coefficient (Wildman–Crippen LogP) is 9.10. The van der Waals surface area contributed by atoms with Crippen LogP contribution in [-0.2, 0) is 21.4 Å². The first kappa shape index (κ1) is 41.3. The lowest BCUT2D eigenvalue weighted by molar-refractivity contribution is -0.117. The number of aryl methyl sites for hydroxylation is 1. The molecule has 0 aliphatic heterocycles.